The van der Waals surface area contributed by atoms with Crippen LogP contribution < -0.4 is 10.2 Å². The van der Waals surface area contributed by atoms with Crippen molar-refractivity contribution in [3.05, 3.63) is 59.1 Å². The number of fused-ring (bicyclic) bond motifs is 1. The summed E-state index contributed by atoms with van der Waals surface area (Å²) in [7, 11) is 0. The highest BCUT2D eigenvalue weighted by Gasteiger charge is 2.24. The fraction of sp³-hybridized carbons (Fsp3) is 0.294. The normalized spacial score (nSPS) is 17.1. The van der Waals surface area contributed by atoms with Crippen molar-refractivity contribution < 1.29 is 0 Å². The van der Waals surface area contributed by atoms with Crippen molar-refractivity contribution in [2.75, 3.05) is 23.3 Å². The Balaban J connectivity index is 1.62. The van der Waals surface area contributed by atoms with E-state index in [4.69, 9.17) is 11.6 Å². The molecule has 2 nitrogen and oxygen atoms in total. The van der Waals surface area contributed by atoms with Crippen LogP contribution in [0.2, 0.25) is 5.02 Å². The molecule has 0 saturated heterocycles. The predicted molar refractivity (Wildman–Crippen MR) is 86.9 cm³/mol. The van der Waals surface area contributed by atoms with E-state index in [2.05, 4.69) is 41.4 Å². The van der Waals surface area contributed by atoms with Gasteiger partial charge in [-0.1, -0.05) is 35.9 Å². The largest absolute Gasteiger partial charge is 0.383 e. The number of nitrogens with one attached hydrogen (secondary N) is 1. The number of hydrogen-bond acceptors (Lipinski definition) is 2. The summed E-state index contributed by atoms with van der Waals surface area (Å²) in [5, 5.41) is 4.21. The minimum absolute atomic E-state index is 0.577. The Morgan fingerprint density at radius 1 is 1.20 bits per heavy atom. The van der Waals surface area contributed by atoms with E-state index in [-0.39, 0.29) is 0 Å². The molecule has 3 heteroatoms. The summed E-state index contributed by atoms with van der Waals surface area (Å²) < 4.78 is 0. The van der Waals surface area contributed by atoms with Gasteiger partial charge in [-0.25, -0.2) is 0 Å². The second-order valence-electron chi connectivity index (χ2n) is 5.31. The molecule has 1 unspecified atom stereocenters. The maximum Gasteiger partial charge on any atom is 0.0426 e. The Morgan fingerprint density at radius 2 is 2.05 bits per heavy atom. The van der Waals surface area contributed by atoms with Crippen molar-refractivity contribution in [3.63, 3.8) is 0 Å². The van der Waals surface area contributed by atoms with E-state index in [1.807, 2.05) is 24.3 Å². The molecule has 1 heterocycles. The molecular weight excluding hydrogens is 268 g/mol. The molecule has 1 aliphatic rings. The van der Waals surface area contributed by atoms with Gasteiger partial charge >= 0.3 is 0 Å². The quantitative estimate of drug-likeness (QED) is 0.906. The molecule has 0 amide bonds. The zero-order valence-corrected chi connectivity index (χ0v) is 12.4. The van der Waals surface area contributed by atoms with Crippen molar-refractivity contribution in [1.29, 1.82) is 0 Å². The molecule has 2 aromatic carbocycles. The first-order chi connectivity index (χ1) is 9.74. The average molecular weight is 287 g/mol. The van der Waals surface area contributed by atoms with E-state index in [0.29, 0.717) is 6.04 Å². The Morgan fingerprint density at radius 3 is 2.90 bits per heavy atom. The van der Waals surface area contributed by atoms with Crippen LogP contribution in [0.4, 0.5) is 11.4 Å². The van der Waals surface area contributed by atoms with Crippen LogP contribution in [-0.4, -0.2) is 19.1 Å². The van der Waals surface area contributed by atoms with Gasteiger partial charge in [0.15, 0.2) is 0 Å². The lowest BCUT2D eigenvalue weighted by atomic mass is 10.1. The summed E-state index contributed by atoms with van der Waals surface area (Å²) in [6.45, 7) is 4.21. The maximum absolute atomic E-state index is 5.99. The minimum atomic E-state index is 0.577. The van der Waals surface area contributed by atoms with Crippen molar-refractivity contribution >= 4 is 23.0 Å². The van der Waals surface area contributed by atoms with Crippen LogP contribution in [0, 0.1) is 0 Å². The molecule has 0 saturated carbocycles. The van der Waals surface area contributed by atoms with E-state index in [1.54, 1.807) is 0 Å². The SMILES string of the molecule is CC1Cc2ccccc2N1CCNc1cccc(Cl)c1. The molecule has 0 fully saturated rings. The topological polar surface area (TPSA) is 15.3 Å². The van der Waals surface area contributed by atoms with E-state index in [9.17, 15) is 0 Å². The molecule has 0 radical (unpaired) electrons. The second-order valence-corrected chi connectivity index (χ2v) is 5.75. The number of benzene rings is 2. The van der Waals surface area contributed by atoms with Crippen molar-refractivity contribution in [1.82, 2.24) is 0 Å². The highest BCUT2D eigenvalue weighted by atomic mass is 35.5. The summed E-state index contributed by atoms with van der Waals surface area (Å²) in [5.41, 5.74) is 3.92. The first-order valence-electron chi connectivity index (χ1n) is 7.08. The van der Waals surface area contributed by atoms with Crippen LogP contribution in [0.5, 0.6) is 0 Å². The number of nitrogens with zero attached hydrogens (tertiary/aromatic N) is 1. The molecule has 104 valence electrons. The molecule has 0 spiro atoms. The van der Waals surface area contributed by atoms with Gasteiger partial charge in [-0.05, 0) is 43.2 Å². The maximum atomic E-state index is 5.99. The number of rotatable bonds is 4. The third-order valence-corrected chi connectivity index (χ3v) is 4.09. The summed E-state index contributed by atoms with van der Waals surface area (Å²) in [6.07, 6.45) is 1.15. The molecule has 0 aromatic heterocycles. The second kappa shape index (κ2) is 5.76. The molecule has 2 aromatic rings. The molecule has 1 N–H and O–H groups in total. The van der Waals surface area contributed by atoms with Crippen LogP contribution in [0.15, 0.2) is 48.5 Å². The Hall–Kier alpha value is -1.67. The van der Waals surface area contributed by atoms with Gasteiger partial charge in [0.1, 0.15) is 0 Å². The van der Waals surface area contributed by atoms with E-state index in [1.165, 1.54) is 11.3 Å². The Labute approximate surface area is 125 Å². The molecule has 3 rings (SSSR count). The Kier molecular flexibility index (Phi) is 3.83. The minimum Gasteiger partial charge on any atom is -0.383 e. The lowest BCUT2D eigenvalue weighted by molar-refractivity contribution is 0.681. The Bertz CT molecular complexity index is 597. The fourth-order valence-corrected chi connectivity index (χ4v) is 3.08. The van der Waals surface area contributed by atoms with Gasteiger partial charge in [0.2, 0.25) is 0 Å². The monoisotopic (exact) mass is 286 g/mol. The van der Waals surface area contributed by atoms with Gasteiger partial charge in [0.25, 0.3) is 0 Å². The number of anilines is 2. The summed E-state index contributed by atoms with van der Waals surface area (Å²) in [4.78, 5) is 2.48. The van der Waals surface area contributed by atoms with Crippen LogP contribution in [-0.2, 0) is 6.42 Å². The van der Waals surface area contributed by atoms with Gasteiger partial charge < -0.3 is 10.2 Å². The van der Waals surface area contributed by atoms with Crippen molar-refractivity contribution in [2.24, 2.45) is 0 Å². The van der Waals surface area contributed by atoms with Gasteiger partial charge in [-0.3, -0.25) is 0 Å². The summed E-state index contributed by atoms with van der Waals surface area (Å²) >= 11 is 5.99. The molecule has 1 aliphatic heterocycles. The molecule has 0 aliphatic carbocycles. The van der Waals surface area contributed by atoms with Crippen LogP contribution >= 0.6 is 11.6 Å². The van der Waals surface area contributed by atoms with E-state index < -0.39 is 0 Å². The average Bonchev–Trinajstić information content (AvgIpc) is 2.75. The predicted octanol–water partition coefficient (Wildman–Crippen LogP) is 4.20. The standard InChI is InChI=1S/C17H19ClN2/c1-13-11-14-5-2-3-8-17(14)20(13)10-9-19-16-7-4-6-15(18)12-16/h2-8,12-13,19H,9-11H2,1H3. The zero-order valence-electron chi connectivity index (χ0n) is 11.6. The molecule has 0 bridgehead atoms. The van der Waals surface area contributed by atoms with Gasteiger partial charge in [-0.15, -0.1) is 0 Å². The molecule has 1 atom stereocenters. The molecule has 20 heavy (non-hydrogen) atoms. The lowest BCUT2D eigenvalue weighted by Gasteiger charge is -2.25. The number of para-hydroxylation sites is 1. The number of halogens is 1. The molecular formula is C17H19ClN2. The zero-order chi connectivity index (χ0) is 13.9. The summed E-state index contributed by atoms with van der Waals surface area (Å²) in [5.74, 6) is 0. The highest BCUT2D eigenvalue weighted by molar-refractivity contribution is 6.30. The van der Waals surface area contributed by atoms with Gasteiger partial charge in [-0.2, -0.15) is 0 Å². The first kappa shape index (κ1) is 13.3. The van der Waals surface area contributed by atoms with E-state index >= 15 is 0 Å². The van der Waals surface area contributed by atoms with Crippen LogP contribution in [0.25, 0.3) is 0 Å². The smallest absolute Gasteiger partial charge is 0.0426 e. The summed E-state index contributed by atoms with van der Waals surface area (Å²) in [6, 6.07) is 17.1. The third kappa shape index (κ3) is 2.75. The van der Waals surface area contributed by atoms with Gasteiger partial charge in [0, 0.05) is 35.5 Å². The van der Waals surface area contributed by atoms with Crippen LogP contribution in [0.1, 0.15) is 12.5 Å². The lowest BCUT2D eigenvalue weighted by Crippen LogP contribution is -2.33. The highest BCUT2D eigenvalue weighted by Crippen LogP contribution is 2.31. The fourth-order valence-electron chi connectivity index (χ4n) is 2.89. The third-order valence-electron chi connectivity index (χ3n) is 3.85. The van der Waals surface area contributed by atoms with Crippen molar-refractivity contribution in [3.8, 4) is 0 Å². The first-order valence-corrected chi connectivity index (χ1v) is 7.46. The van der Waals surface area contributed by atoms with Crippen LogP contribution in [0.3, 0.4) is 0 Å². The van der Waals surface area contributed by atoms with Gasteiger partial charge in [0.05, 0.1) is 0 Å². The van der Waals surface area contributed by atoms with Crippen molar-refractivity contribution in [2.45, 2.75) is 19.4 Å². The number of hydrogen-bond donors (Lipinski definition) is 1. The van der Waals surface area contributed by atoms with E-state index in [0.717, 1.165) is 30.2 Å².